The predicted octanol–water partition coefficient (Wildman–Crippen LogP) is 5.83. The lowest BCUT2D eigenvalue weighted by Gasteiger charge is -2.61. The fraction of sp³-hybridized carbons (Fsp3) is 0.375. The number of hydrogen-bond acceptors (Lipinski definition) is 11. The van der Waals surface area contributed by atoms with E-state index in [9.17, 15) is 24.8 Å². The van der Waals surface area contributed by atoms with Crippen LogP contribution in [0.25, 0.3) is 11.3 Å². The van der Waals surface area contributed by atoms with Crippen molar-refractivity contribution in [3.8, 4) is 23.1 Å². The van der Waals surface area contributed by atoms with Gasteiger partial charge in [-0.15, -0.1) is 0 Å². The number of carbonyl (C=O) groups is 2. The highest BCUT2D eigenvalue weighted by molar-refractivity contribution is 5.99. The van der Waals surface area contributed by atoms with Gasteiger partial charge >= 0.3 is 11.6 Å². The number of nitrogens with zero attached hydrogens (tertiary/aromatic N) is 2. The molecule has 0 amide bonds. The molecule has 262 valence electrons. The Morgan fingerprint density at radius 2 is 1.75 bits per heavy atom. The first kappa shape index (κ1) is 34.3. The highest BCUT2D eigenvalue weighted by Gasteiger charge is 2.65. The molecule has 0 bridgehead atoms. The number of esters is 1. The summed E-state index contributed by atoms with van der Waals surface area (Å²) >= 11 is 0. The van der Waals surface area contributed by atoms with Gasteiger partial charge < -0.3 is 28.5 Å². The number of pyridine rings is 1. The maximum Gasteiger partial charge on any atom is 0.345 e. The monoisotopic (exact) mass is 690 g/mol. The molecule has 51 heavy (non-hydrogen) atoms. The summed E-state index contributed by atoms with van der Waals surface area (Å²) in [4.78, 5) is 44.7. The third-order valence-corrected chi connectivity index (χ3v) is 10.9. The van der Waals surface area contributed by atoms with Crippen molar-refractivity contribution in [3.05, 3.63) is 117 Å². The van der Waals surface area contributed by atoms with Gasteiger partial charge in [0.25, 0.3) is 0 Å². The molecule has 3 aliphatic rings. The van der Waals surface area contributed by atoms with Crippen LogP contribution < -0.4 is 10.4 Å². The second-order valence-electron chi connectivity index (χ2n) is 14.3. The number of aromatic nitrogens is 1. The van der Waals surface area contributed by atoms with E-state index in [4.69, 9.17) is 23.4 Å². The minimum atomic E-state index is -1.35. The topological polar surface area (TPSA) is 158 Å². The Hall–Kier alpha value is -5.15. The van der Waals surface area contributed by atoms with E-state index >= 15 is 0 Å². The first-order valence-corrected chi connectivity index (χ1v) is 16.9. The molecule has 4 aromatic rings. The standard InChI is InChI=1S/C40H38N2O9/c1-22-8-5-6-10-27(22)33(43)38-47-20-26(21-48-38)28-16-31(50-36(45)24-13-11-23(18-41)12-14-24)40(4)35(39(28,2)3)34(44)32-30(51-40)17-29(49-37(32)46)25-9-7-15-42-19-25/h5-15,17,19,26,28,31,34-35,38,44H,16,20-21H2,1-4H3/t26?,28-,31-,34-,35+,38?,40+/m0/s1. The van der Waals surface area contributed by atoms with Gasteiger partial charge in [0.15, 0.2) is 0 Å². The summed E-state index contributed by atoms with van der Waals surface area (Å²) < 4.78 is 30.8. The Morgan fingerprint density at radius 1 is 1.02 bits per heavy atom. The average molecular weight is 691 g/mol. The third-order valence-electron chi connectivity index (χ3n) is 10.9. The molecule has 1 saturated heterocycles. The number of aryl methyl sites for hydroxylation is 1. The highest BCUT2D eigenvalue weighted by Crippen LogP contribution is 2.61. The summed E-state index contributed by atoms with van der Waals surface area (Å²) in [5, 5.41) is 21.4. The molecule has 1 N–H and O–H groups in total. The summed E-state index contributed by atoms with van der Waals surface area (Å²) in [6.07, 6.45) is 0.120. The molecule has 0 unspecified atom stereocenters. The number of benzene rings is 2. The molecule has 1 saturated carbocycles. The molecule has 2 aromatic carbocycles. The zero-order chi connectivity index (χ0) is 36.1. The third kappa shape index (κ3) is 6.03. The van der Waals surface area contributed by atoms with Crippen molar-refractivity contribution in [1.29, 1.82) is 5.26 Å². The van der Waals surface area contributed by atoms with E-state index in [0.717, 1.165) is 5.56 Å². The lowest BCUT2D eigenvalue weighted by Crippen LogP contribution is -2.67. The minimum absolute atomic E-state index is 0.0176. The number of rotatable bonds is 6. The maximum atomic E-state index is 13.7. The van der Waals surface area contributed by atoms with Crippen molar-refractivity contribution < 1.29 is 38.1 Å². The minimum Gasteiger partial charge on any atom is -0.482 e. The molecular weight excluding hydrogens is 652 g/mol. The summed E-state index contributed by atoms with van der Waals surface area (Å²) in [6.45, 7) is 8.00. The van der Waals surface area contributed by atoms with E-state index < -0.39 is 47.0 Å². The fourth-order valence-corrected chi connectivity index (χ4v) is 8.40. The maximum absolute atomic E-state index is 13.7. The van der Waals surface area contributed by atoms with Crippen LogP contribution in [0.2, 0.25) is 0 Å². The largest absolute Gasteiger partial charge is 0.482 e. The number of Topliss-reactive ketones (excluding diaryl/α,β-unsaturated/α-hetero) is 1. The summed E-state index contributed by atoms with van der Waals surface area (Å²) in [6, 6.07) is 20.4. The van der Waals surface area contributed by atoms with Crippen molar-refractivity contribution in [2.75, 3.05) is 13.2 Å². The van der Waals surface area contributed by atoms with Gasteiger partial charge in [-0.2, -0.15) is 5.26 Å². The number of nitriles is 1. The van der Waals surface area contributed by atoms with Crippen LogP contribution in [-0.2, 0) is 14.2 Å². The Morgan fingerprint density at radius 3 is 2.41 bits per heavy atom. The molecular formula is C40H38N2O9. The number of hydrogen-bond donors (Lipinski definition) is 1. The van der Waals surface area contributed by atoms with E-state index in [2.05, 4.69) is 4.98 Å². The first-order valence-electron chi connectivity index (χ1n) is 16.9. The van der Waals surface area contributed by atoms with Crippen LogP contribution >= 0.6 is 0 Å². The molecule has 11 heteroatoms. The Kier molecular flexibility index (Phi) is 8.87. The molecule has 7 rings (SSSR count). The van der Waals surface area contributed by atoms with Gasteiger partial charge in [-0.3, -0.25) is 9.78 Å². The van der Waals surface area contributed by atoms with E-state index in [0.29, 0.717) is 23.1 Å². The number of carbonyl (C=O) groups excluding carboxylic acids is 2. The quantitative estimate of drug-likeness (QED) is 0.192. The van der Waals surface area contributed by atoms with Gasteiger partial charge in [0, 0.05) is 41.4 Å². The van der Waals surface area contributed by atoms with Crippen LogP contribution in [0.1, 0.15) is 70.7 Å². The van der Waals surface area contributed by atoms with E-state index in [1.807, 2.05) is 39.0 Å². The number of aliphatic hydroxyl groups is 1. The number of fused-ring (bicyclic) bond motifs is 2. The molecule has 5 atom stereocenters. The first-order chi connectivity index (χ1) is 24.4. The van der Waals surface area contributed by atoms with Gasteiger partial charge in [0.2, 0.25) is 12.1 Å². The molecule has 4 heterocycles. The van der Waals surface area contributed by atoms with Crippen LogP contribution in [0, 0.1) is 41.4 Å². The molecule has 0 radical (unpaired) electrons. The summed E-state index contributed by atoms with van der Waals surface area (Å²) in [5.74, 6) is -1.87. The predicted molar refractivity (Wildman–Crippen MR) is 183 cm³/mol. The van der Waals surface area contributed by atoms with Crippen LogP contribution in [0.3, 0.4) is 0 Å². The van der Waals surface area contributed by atoms with Gasteiger partial charge in [0.1, 0.15) is 28.8 Å². The van der Waals surface area contributed by atoms with Crippen molar-refractivity contribution >= 4 is 11.8 Å². The zero-order valence-electron chi connectivity index (χ0n) is 28.7. The Balaban J connectivity index is 1.24. The SMILES string of the molecule is Cc1ccccc1C(=O)C1OCC([C@@H]2C[C@H](OC(=O)c3ccc(C#N)cc3)[C@@]3(C)Oc4cc(-c5cccnc5)oc(=O)c4[C@H](O)[C@@H]3C2(C)C)CO1. The number of ether oxygens (including phenoxy) is 4. The van der Waals surface area contributed by atoms with Crippen molar-refractivity contribution in [1.82, 2.24) is 4.98 Å². The second kappa shape index (κ2) is 13.2. The Labute approximate surface area is 294 Å². The molecule has 2 fully saturated rings. The average Bonchev–Trinajstić information content (AvgIpc) is 3.12. The fourth-order valence-electron chi connectivity index (χ4n) is 8.40. The summed E-state index contributed by atoms with van der Waals surface area (Å²) in [7, 11) is 0. The smallest absolute Gasteiger partial charge is 0.345 e. The van der Waals surface area contributed by atoms with E-state index in [1.54, 1.807) is 49.6 Å². The molecule has 2 aromatic heterocycles. The van der Waals surface area contributed by atoms with Crippen molar-refractivity contribution in [2.24, 2.45) is 23.2 Å². The van der Waals surface area contributed by atoms with Crippen LogP contribution in [0.4, 0.5) is 0 Å². The van der Waals surface area contributed by atoms with Crippen LogP contribution in [-0.4, -0.2) is 53.1 Å². The molecule has 2 aliphatic heterocycles. The number of ketones is 1. The second-order valence-corrected chi connectivity index (χ2v) is 14.3. The van der Waals surface area contributed by atoms with Crippen molar-refractivity contribution in [3.63, 3.8) is 0 Å². The molecule has 1 aliphatic carbocycles. The van der Waals surface area contributed by atoms with Gasteiger partial charge in [0.05, 0.1) is 36.5 Å². The summed E-state index contributed by atoms with van der Waals surface area (Å²) in [5.41, 5.74) is -0.288. The van der Waals surface area contributed by atoms with Gasteiger partial charge in [-0.05, 0) is 73.6 Å². The van der Waals surface area contributed by atoms with E-state index in [-0.39, 0.29) is 53.5 Å². The van der Waals surface area contributed by atoms with Crippen LogP contribution in [0.15, 0.2) is 88.3 Å². The van der Waals surface area contributed by atoms with Crippen molar-refractivity contribution in [2.45, 2.75) is 58.2 Å². The normalized spacial score (nSPS) is 27.9. The van der Waals surface area contributed by atoms with E-state index in [1.165, 1.54) is 24.3 Å². The highest BCUT2D eigenvalue weighted by atomic mass is 16.7. The van der Waals surface area contributed by atoms with Gasteiger partial charge in [-0.25, -0.2) is 9.59 Å². The van der Waals surface area contributed by atoms with Gasteiger partial charge in [-0.1, -0.05) is 38.1 Å². The lowest BCUT2D eigenvalue weighted by molar-refractivity contribution is -0.244. The van der Waals surface area contributed by atoms with Crippen LogP contribution in [0.5, 0.6) is 5.75 Å². The molecule has 0 spiro atoms. The number of aliphatic hydroxyl groups excluding tert-OH is 1. The lowest BCUT2D eigenvalue weighted by atomic mass is 9.50. The zero-order valence-corrected chi connectivity index (χ0v) is 28.7. The Bertz CT molecular complexity index is 2060. The molecule has 11 nitrogen and oxygen atoms in total.